The fourth-order valence-electron chi connectivity index (χ4n) is 8.48. The Bertz CT molecular complexity index is 2300. The van der Waals surface area contributed by atoms with Gasteiger partial charge in [0.25, 0.3) is 10.0 Å². The predicted molar refractivity (Wildman–Crippen MR) is 214 cm³/mol. The van der Waals surface area contributed by atoms with Gasteiger partial charge in [-0.05, 0) is 122 Å². The van der Waals surface area contributed by atoms with Crippen molar-refractivity contribution in [2.75, 3.05) is 6.54 Å². The van der Waals surface area contributed by atoms with E-state index < -0.39 is 39.3 Å². The van der Waals surface area contributed by atoms with Gasteiger partial charge in [-0.25, -0.2) is 8.42 Å². The highest BCUT2D eigenvalue weighted by atomic mass is 32.2. The average molecular weight is 824 g/mol. The molecule has 0 saturated heterocycles. The van der Waals surface area contributed by atoms with Gasteiger partial charge in [0.05, 0.1) is 16.6 Å². The Balaban J connectivity index is 1.30. The maximum atomic E-state index is 14.6. The van der Waals surface area contributed by atoms with E-state index in [2.05, 4.69) is 10.8 Å². The van der Waals surface area contributed by atoms with Crippen LogP contribution in [0.3, 0.4) is 0 Å². The van der Waals surface area contributed by atoms with Crippen molar-refractivity contribution in [2.24, 2.45) is 5.41 Å². The molecule has 3 aliphatic carbocycles. The topological polar surface area (TPSA) is 104 Å². The van der Waals surface area contributed by atoms with Crippen LogP contribution in [-0.4, -0.2) is 53.3 Å². The lowest BCUT2D eigenvalue weighted by Gasteiger charge is -2.46. The summed E-state index contributed by atoms with van der Waals surface area (Å²) in [5.74, 6) is -0.914. The number of benzene rings is 3. The summed E-state index contributed by atoms with van der Waals surface area (Å²) in [7, 11) is -4.18. The third kappa shape index (κ3) is 8.39. The molecule has 3 aliphatic rings. The minimum Gasteiger partial charge on any atom is -0.406 e. The number of aliphatic hydroxyl groups excluding tert-OH is 1. The fourth-order valence-corrected chi connectivity index (χ4v) is 12.1. The highest BCUT2D eigenvalue weighted by molar-refractivity contribution is 7.91. The number of halogens is 3. The number of carbonyl (C=O) groups excluding carboxylic acids is 1. The SMILES string of the molecule is CC1=CCC[C@@]2(C)[C@@H](CC[C@@]2(O)CN(Cc2ccc(OC(F)(F)F)cc2)S(=O)(=O)c2cccs2)c2ccc(cc2C(=O)c2cc3ccccc3s2)C[C@@H](O)CC1. The molecule has 3 aromatic carbocycles. The lowest BCUT2D eigenvalue weighted by Crippen LogP contribution is -2.53. The monoisotopic (exact) mass is 823 g/mol. The molecule has 5 aromatic rings. The van der Waals surface area contributed by atoms with Gasteiger partial charge in [0, 0.05) is 28.8 Å². The van der Waals surface area contributed by atoms with E-state index in [0.717, 1.165) is 50.3 Å². The van der Waals surface area contributed by atoms with Gasteiger partial charge in [-0.2, -0.15) is 4.31 Å². The van der Waals surface area contributed by atoms with E-state index in [1.165, 1.54) is 33.8 Å². The molecule has 8 rings (SSSR count). The molecule has 0 radical (unpaired) electrons. The van der Waals surface area contributed by atoms with Crippen LogP contribution in [0.25, 0.3) is 10.1 Å². The molecule has 2 N–H and O–H groups in total. The Morgan fingerprint density at radius 3 is 2.48 bits per heavy atom. The number of alkyl halides is 3. The molecule has 2 bridgehead atoms. The average Bonchev–Trinajstić information content (AvgIpc) is 3.90. The number of aliphatic hydroxyl groups is 2. The fraction of sp³-hybridized carbons (Fsp3) is 0.372. The number of sulfonamides is 1. The van der Waals surface area contributed by atoms with Crippen LogP contribution in [-0.2, 0) is 23.0 Å². The number of hydrogen-bond acceptors (Lipinski definition) is 8. The molecule has 0 spiro atoms. The summed E-state index contributed by atoms with van der Waals surface area (Å²) < 4.78 is 73.7. The van der Waals surface area contributed by atoms with E-state index in [1.54, 1.807) is 11.4 Å². The van der Waals surface area contributed by atoms with Crippen LogP contribution in [0.15, 0.2) is 106 Å². The van der Waals surface area contributed by atoms with Gasteiger partial charge in [-0.15, -0.1) is 35.8 Å². The normalized spacial score (nSPS) is 23.5. The lowest BCUT2D eigenvalue weighted by molar-refractivity contribution is -0.274. The summed E-state index contributed by atoms with van der Waals surface area (Å²) in [4.78, 5) is 15.2. The number of ketones is 1. The van der Waals surface area contributed by atoms with E-state index in [9.17, 15) is 36.6 Å². The highest BCUT2D eigenvalue weighted by Crippen LogP contribution is 2.59. The second kappa shape index (κ2) is 15.8. The number of fused-ring (bicyclic) bond motifs is 9. The number of carbonyl (C=O) groups is 1. The maximum Gasteiger partial charge on any atom is 0.573 e. The zero-order valence-electron chi connectivity index (χ0n) is 31.1. The van der Waals surface area contributed by atoms with Crippen LogP contribution in [0.2, 0.25) is 0 Å². The van der Waals surface area contributed by atoms with Crippen LogP contribution < -0.4 is 4.74 Å². The summed E-state index contributed by atoms with van der Waals surface area (Å²) >= 11 is 2.47. The largest absolute Gasteiger partial charge is 0.573 e. The first-order valence-electron chi connectivity index (χ1n) is 18.7. The number of thiophene rings is 2. The van der Waals surface area contributed by atoms with Crippen molar-refractivity contribution in [3.05, 3.63) is 129 Å². The Morgan fingerprint density at radius 2 is 1.77 bits per heavy atom. The molecule has 0 unspecified atom stereocenters. The summed E-state index contributed by atoms with van der Waals surface area (Å²) in [5, 5.41) is 26.7. The number of ether oxygens (including phenoxy) is 1. The smallest absolute Gasteiger partial charge is 0.406 e. The lowest BCUT2D eigenvalue weighted by atomic mass is 9.65. The second-order valence-corrected chi connectivity index (χ2v) is 19.5. The van der Waals surface area contributed by atoms with E-state index in [1.807, 2.05) is 62.4 Å². The first-order valence-corrected chi connectivity index (χ1v) is 21.8. The van der Waals surface area contributed by atoms with Gasteiger partial charge in [0.1, 0.15) is 9.96 Å². The molecule has 2 aromatic heterocycles. The van der Waals surface area contributed by atoms with Crippen molar-refractivity contribution in [2.45, 2.75) is 93.5 Å². The molecule has 13 heteroatoms. The summed E-state index contributed by atoms with van der Waals surface area (Å²) in [6.45, 7) is 3.52. The Morgan fingerprint density at radius 1 is 1.00 bits per heavy atom. The van der Waals surface area contributed by atoms with Gasteiger partial charge in [-0.1, -0.05) is 67.1 Å². The molecule has 1 saturated carbocycles. The van der Waals surface area contributed by atoms with E-state index >= 15 is 0 Å². The first kappa shape index (κ1) is 40.4. The summed E-state index contributed by atoms with van der Waals surface area (Å²) in [6, 6.07) is 23.7. The molecule has 56 heavy (non-hydrogen) atoms. The van der Waals surface area contributed by atoms with E-state index in [4.69, 9.17) is 0 Å². The van der Waals surface area contributed by atoms with Gasteiger partial charge >= 0.3 is 6.36 Å². The van der Waals surface area contributed by atoms with Crippen LogP contribution >= 0.6 is 22.7 Å². The number of nitrogens with zero attached hydrogens (tertiary/aromatic N) is 1. The number of hydrogen-bond donors (Lipinski definition) is 2. The molecule has 0 aliphatic heterocycles. The summed E-state index contributed by atoms with van der Waals surface area (Å²) in [6.07, 6.45) is 0.0196. The minimum atomic E-state index is -4.88. The maximum absolute atomic E-state index is 14.6. The predicted octanol–water partition coefficient (Wildman–Crippen LogP) is 10.0. The van der Waals surface area contributed by atoms with Gasteiger partial charge in [0.2, 0.25) is 5.78 Å². The Hall–Kier alpha value is -3.85. The van der Waals surface area contributed by atoms with Crippen molar-refractivity contribution < 1.29 is 41.3 Å². The quantitative estimate of drug-likeness (QED) is 0.113. The van der Waals surface area contributed by atoms with Crippen LogP contribution in [0.4, 0.5) is 13.2 Å². The van der Waals surface area contributed by atoms with Crippen molar-refractivity contribution in [3.63, 3.8) is 0 Å². The summed E-state index contributed by atoms with van der Waals surface area (Å²) in [5.41, 5.74) is 1.13. The van der Waals surface area contributed by atoms with Crippen molar-refractivity contribution in [1.29, 1.82) is 0 Å². The van der Waals surface area contributed by atoms with Gasteiger partial charge < -0.3 is 14.9 Å². The molecule has 0 amide bonds. The third-order valence-corrected chi connectivity index (χ3v) is 15.9. The van der Waals surface area contributed by atoms with Gasteiger partial charge in [0.15, 0.2) is 0 Å². The molecular formula is C43H44F3NO6S3. The molecule has 7 nitrogen and oxygen atoms in total. The van der Waals surface area contributed by atoms with Crippen molar-refractivity contribution in [3.8, 4) is 5.75 Å². The highest BCUT2D eigenvalue weighted by Gasteiger charge is 2.58. The second-order valence-electron chi connectivity index (χ2n) is 15.3. The van der Waals surface area contributed by atoms with Crippen LogP contribution in [0, 0.1) is 5.41 Å². The zero-order chi connectivity index (χ0) is 39.9. The molecule has 2 heterocycles. The van der Waals surface area contributed by atoms with Gasteiger partial charge in [-0.3, -0.25) is 4.79 Å². The van der Waals surface area contributed by atoms with Crippen molar-refractivity contribution >= 4 is 48.6 Å². The number of rotatable bonds is 9. The Labute approximate surface area is 333 Å². The molecular weight excluding hydrogens is 780 g/mol. The van der Waals surface area contributed by atoms with Crippen LogP contribution in [0.5, 0.6) is 5.75 Å². The molecule has 296 valence electrons. The third-order valence-electron chi connectivity index (χ3n) is 11.6. The Kier molecular flexibility index (Phi) is 11.4. The van der Waals surface area contributed by atoms with Crippen molar-refractivity contribution in [1.82, 2.24) is 4.31 Å². The standard InChI is InChI=1S/C43H44F3NO6S3/c1-28-7-5-20-41(2)36(34-18-14-30(23-32(48)15-11-28)24-35(34)40(49)38-25-31-8-3-4-9-37(31)55-38)19-21-42(41,50)27-47(56(51,52)39-10-6-22-54-39)26-29-12-16-33(17-13-29)53-43(44,45)46/h3-4,6-10,12-14,16-18,22,24-25,32,36,48,50H,5,11,15,19-21,23,26-27H2,1-2H3/t32-,36-,41-,42+/m0/s1. The van der Waals surface area contributed by atoms with E-state index in [0.29, 0.717) is 54.5 Å². The van der Waals surface area contributed by atoms with E-state index in [-0.39, 0.29) is 35.4 Å². The first-order chi connectivity index (χ1) is 26.5. The molecule has 4 atom stereocenters. The molecule has 1 fully saturated rings. The van der Waals surface area contributed by atoms with Crippen LogP contribution in [0.1, 0.15) is 90.2 Å². The minimum absolute atomic E-state index is 0.0800. The zero-order valence-corrected chi connectivity index (χ0v) is 33.5. The number of allylic oxidation sites excluding steroid dienone is 2.